The fraction of sp³-hybridized carbons (Fsp3) is 1.00. The molecular formula is C7H14O12P3-3. The molecule has 6 atom stereocenters. The van der Waals surface area contributed by atoms with Crippen molar-refractivity contribution in [3.63, 3.8) is 0 Å². The van der Waals surface area contributed by atoms with Gasteiger partial charge in [0, 0.05) is 13.5 Å². The minimum Gasteiger partial charge on any atom is -0.756 e. The third-order valence-corrected chi connectivity index (χ3v) is 6.18. The first-order valence-electron chi connectivity index (χ1n) is 5.75. The molecule has 12 nitrogen and oxygen atoms in total. The van der Waals surface area contributed by atoms with Crippen LogP contribution in [0.5, 0.6) is 0 Å². The number of phosphoric ester groups is 1. The Bertz CT molecular complexity index is 515. The predicted molar refractivity (Wildman–Crippen MR) is 62.9 cm³/mol. The van der Waals surface area contributed by atoms with Crippen molar-refractivity contribution >= 4 is 23.5 Å². The molecule has 0 aliphatic carbocycles. The first-order valence-corrected chi connectivity index (χ1v) is 10.2. The Morgan fingerprint density at radius 1 is 1.18 bits per heavy atom. The van der Waals surface area contributed by atoms with Crippen molar-refractivity contribution in [2.75, 3.05) is 13.7 Å². The van der Waals surface area contributed by atoms with E-state index in [9.17, 15) is 28.4 Å². The first-order chi connectivity index (χ1) is 9.84. The van der Waals surface area contributed by atoms with Gasteiger partial charge in [0.1, 0.15) is 6.10 Å². The van der Waals surface area contributed by atoms with Gasteiger partial charge in [-0.2, -0.15) is 0 Å². The zero-order valence-electron chi connectivity index (χ0n) is 11.4. The second kappa shape index (κ2) is 7.48. The third kappa shape index (κ3) is 7.27. The summed E-state index contributed by atoms with van der Waals surface area (Å²) in [5.41, 5.74) is 0. The quantitative estimate of drug-likeness (QED) is 0.485. The van der Waals surface area contributed by atoms with E-state index in [2.05, 4.69) is 13.1 Å². The minimum atomic E-state index is -5.88. The van der Waals surface area contributed by atoms with Gasteiger partial charge in [-0.1, -0.05) is 0 Å². The number of ether oxygens (including phenoxy) is 2. The number of phosphoric acid groups is 3. The smallest absolute Gasteiger partial charge is 0.280 e. The van der Waals surface area contributed by atoms with Crippen molar-refractivity contribution in [2.24, 2.45) is 0 Å². The maximum atomic E-state index is 11.3. The van der Waals surface area contributed by atoms with Gasteiger partial charge in [0.25, 0.3) is 23.5 Å². The second-order valence-electron chi connectivity index (χ2n) is 4.32. The summed E-state index contributed by atoms with van der Waals surface area (Å²) in [6.07, 6.45) is -1.01. The standard InChI is InChI=1S/C7H17O12P3/c1-5-3-6(15-2)7(17-5)4-16-21(11,12)19-22(13,14)18-20(8,9)10/h5-7H,3-4H2,1-2H3,(H,11,12)(H,13,14)(H2,8,9,10)/p-3/t5-,6+,7+/m0/s1. The SMILES string of the molecule is CO[C@@H]1C[C@H](C)O[C@@H]1COP(=O)([O-])OP(=O)([O-])OP(=O)([O-])O. The molecular weight excluding hydrogens is 369 g/mol. The highest BCUT2D eigenvalue weighted by Gasteiger charge is 2.34. The number of rotatable bonds is 8. The third-order valence-electron chi connectivity index (χ3n) is 2.49. The van der Waals surface area contributed by atoms with Gasteiger partial charge >= 0.3 is 0 Å². The molecule has 0 spiro atoms. The Hall–Kier alpha value is 0.330. The fourth-order valence-corrected chi connectivity index (χ4v) is 4.66. The van der Waals surface area contributed by atoms with Crippen molar-refractivity contribution in [1.29, 1.82) is 0 Å². The second-order valence-corrected chi connectivity index (χ2v) is 8.61. The Balaban J connectivity index is 2.59. The van der Waals surface area contributed by atoms with Gasteiger partial charge < -0.3 is 33.6 Å². The van der Waals surface area contributed by atoms with Crippen LogP contribution in [0.15, 0.2) is 0 Å². The summed E-state index contributed by atoms with van der Waals surface area (Å²) < 4.78 is 53.8. The summed E-state index contributed by atoms with van der Waals surface area (Å²) in [6, 6.07) is 0. The van der Waals surface area contributed by atoms with Crippen LogP contribution in [-0.2, 0) is 36.3 Å². The molecule has 22 heavy (non-hydrogen) atoms. The van der Waals surface area contributed by atoms with E-state index in [1.165, 1.54) is 7.11 Å². The summed E-state index contributed by atoms with van der Waals surface area (Å²) in [5.74, 6) is 0. The molecule has 0 aromatic rings. The molecule has 0 amide bonds. The summed E-state index contributed by atoms with van der Waals surface area (Å²) in [5, 5.41) is 0. The molecule has 0 aromatic heterocycles. The van der Waals surface area contributed by atoms with Crippen LogP contribution in [0.3, 0.4) is 0 Å². The lowest BCUT2D eigenvalue weighted by molar-refractivity contribution is -0.250. The van der Waals surface area contributed by atoms with E-state index in [0.717, 1.165) is 0 Å². The largest absolute Gasteiger partial charge is 0.756 e. The van der Waals surface area contributed by atoms with Gasteiger partial charge in [0.05, 0.1) is 18.8 Å². The van der Waals surface area contributed by atoms with Gasteiger partial charge in [-0.15, -0.1) is 0 Å². The van der Waals surface area contributed by atoms with Gasteiger partial charge in [-0.25, -0.2) is 8.62 Å². The van der Waals surface area contributed by atoms with Crippen molar-refractivity contribution < 1.29 is 55.9 Å². The molecule has 1 heterocycles. The lowest BCUT2D eigenvalue weighted by Gasteiger charge is -2.33. The van der Waals surface area contributed by atoms with Gasteiger partial charge in [0.15, 0.2) is 0 Å². The van der Waals surface area contributed by atoms with Crippen LogP contribution in [0, 0.1) is 0 Å². The average Bonchev–Trinajstić information content (AvgIpc) is 2.62. The van der Waals surface area contributed by atoms with Crippen molar-refractivity contribution in [3.05, 3.63) is 0 Å². The van der Waals surface area contributed by atoms with Crippen LogP contribution in [0.2, 0.25) is 0 Å². The Morgan fingerprint density at radius 2 is 1.77 bits per heavy atom. The lowest BCUT2D eigenvalue weighted by Crippen LogP contribution is -2.29. The topological polar surface area (TPSA) is 187 Å². The summed E-state index contributed by atoms with van der Waals surface area (Å²) in [6.45, 7) is 1.10. The van der Waals surface area contributed by atoms with Crippen LogP contribution in [0.1, 0.15) is 13.3 Å². The highest BCUT2D eigenvalue weighted by Crippen LogP contribution is 2.61. The molecule has 0 aromatic carbocycles. The molecule has 132 valence electrons. The molecule has 0 saturated carbocycles. The molecule has 0 radical (unpaired) electrons. The van der Waals surface area contributed by atoms with Crippen LogP contribution < -0.4 is 14.7 Å². The molecule has 1 N–H and O–H groups in total. The lowest BCUT2D eigenvalue weighted by atomic mass is 10.1. The molecule has 3 unspecified atom stereocenters. The van der Waals surface area contributed by atoms with E-state index >= 15 is 0 Å². The number of hydrogen-bond acceptors (Lipinski definition) is 11. The molecule has 1 aliphatic heterocycles. The maximum Gasteiger partial charge on any atom is 0.280 e. The van der Waals surface area contributed by atoms with Crippen molar-refractivity contribution in [3.8, 4) is 0 Å². The zero-order valence-corrected chi connectivity index (χ0v) is 14.1. The van der Waals surface area contributed by atoms with E-state index in [1.807, 2.05) is 0 Å². The zero-order chi connectivity index (χ0) is 17.2. The van der Waals surface area contributed by atoms with Crippen molar-refractivity contribution in [2.45, 2.75) is 31.7 Å². The van der Waals surface area contributed by atoms with E-state index in [0.29, 0.717) is 6.42 Å². The minimum absolute atomic E-state index is 0.222. The van der Waals surface area contributed by atoms with E-state index in [4.69, 9.17) is 14.4 Å². The van der Waals surface area contributed by atoms with Gasteiger partial charge in [-0.3, -0.25) is 13.7 Å². The predicted octanol–water partition coefficient (Wildman–Crippen LogP) is -1.37. The van der Waals surface area contributed by atoms with Crippen LogP contribution in [-0.4, -0.2) is 36.9 Å². The molecule has 1 rings (SSSR count). The van der Waals surface area contributed by atoms with E-state index in [1.54, 1.807) is 6.92 Å². The number of methoxy groups -OCH3 is 1. The molecule has 1 fully saturated rings. The summed E-state index contributed by atoms with van der Waals surface area (Å²) >= 11 is 0. The molecule has 15 heteroatoms. The summed E-state index contributed by atoms with van der Waals surface area (Å²) in [7, 11) is -15.7. The van der Waals surface area contributed by atoms with E-state index in [-0.39, 0.29) is 6.10 Å². The van der Waals surface area contributed by atoms with Gasteiger partial charge in [0.2, 0.25) is 0 Å². The summed E-state index contributed by atoms with van der Waals surface area (Å²) in [4.78, 5) is 40.8. The Kier molecular flexibility index (Phi) is 6.93. The highest BCUT2D eigenvalue weighted by atomic mass is 31.3. The highest BCUT2D eigenvalue weighted by molar-refractivity contribution is 7.65. The molecule has 1 saturated heterocycles. The van der Waals surface area contributed by atoms with E-state index < -0.39 is 42.3 Å². The fourth-order valence-electron chi connectivity index (χ4n) is 1.77. The monoisotopic (exact) mass is 383 g/mol. The Labute approximate surface area is 125 Å². The first kappa shape index (κ1) is 20.4. The molecule has 1 aliphatic rings. The Morgan fingerprint density at radius 3 is 2.27 bits per heavy atom. The molecule has 0 bridgehead atoms. The van der Waals surface area contributed by atoms with Crippen molar-refractivity contribution in [1.82, 2.24) is 0 Å². The maximum absolute atomic E-state index is 11.3. The van der Waals surface area contributed by atoms with Gasteiger partial charge in [-0.05, 0) is 6.92 Å². The normalized spacial score (nSPS) is 33.8. The van der Waals surface area contributed by atoms with Crippen LogP contribution in [0.25, 0.3) is 0 Å². The van der Waals surface area contributed by atoms with Crippen LogP contribution in [0.4, 0.5) is 0 Å². The average molecular weight is 383 g/mol. The van der Waals surface area contributed by atoms with Crippen LogP contribution >= 0.6 is 23.5 Å². The number of hydrogen-bond donors (Lipinski definition) is 1.